The van der Waals surface area contributed by atoms with Gasteiger partial charge in [0.25, 0.3) is 0 Å². The summed E-state index contributed by atoms with van der Waals surface area (Å²) in [5.74, 6) is 2.93. The first-order chi connectivity index (χ1) is 22.1. The Morgan fingerprint density at radius 2 is 0.889 bits per heavy atom. The fourth-order valence-electron chi connectivity index (χ4n) is 4.98. The third kappa shape index (κ3) is 15.5. The van der Waals surface area contributed by atoms with E-state index in [4.69, 9.17) is 18.9 Å². The highest BCUT2D eigenvalue weighted by Crippen LogP contribution is 2.36. The number of unbranched alkanes of at least 4 members (excludes halogenated alkanes) is 12. The molecule has 250 valence electrons. The molecule has 6 heteroatoms. The lowest BCUT2D eigenvalue weighted by Crippen LogP contribution is -2.03. The SMILES string of the molecule is CCCCCCOc1cc(/C=C/c2cc(OCCCCCC)c(C#N)cc2OCCCCCC)c(OCCCCCC)cc1Br. The van der Waals surface area contributed by atoms with Crippen molar-refractivity contribution in [1.29, 1.82) is 5.26 Å². The van der Waals surface area contributed by atoms with E-state index < -0.39 is 0 Å². The Hall–Kier alpha value is -2.65. The van der Waals surface area contributed by atoms with E-state index in [0.717, 1.165) is 72.0 Å². The highest BCUT2D eigenvalue weighted by Gasteiger charge is 2.14. The van der Waals surface area contributed by atoms with Gasteiger partial charge in [-0.05, 0) is 59.8 Å². The van der Waals surface area contributed by atoms with Gasteiger partial charge in [-0.15, -0.1) is 0 Å². The van der Waals surface area contributed by atoms with E-state index in [9.17, 15) is 5.26 Å². The van der Waals surface area contributed by atoms with Crippen LogP contribution in [-0.2, 0) is 0 Å². The lowest BCUT2D eigenvalue weighted by Gasteiger charge is -2.15. The molecule has 0 N–H and O–H groups in total. The molecule has 0 unspecified atom stereocenters. The normalized spacial score (nSPS) is 11.1. The molecule has 0 fully saturated rings. The zero-order chi connectivity index (χ0) is 32.5. The van der Waals surface area contributed by atoms with E-state index in [-0.39, 0.29) is 0 Å². The third-order valence-corrected chi connectivity index (χ3v) is 8.38. The fraction of sp³-hybridized carbons (Fsp3) is 0.615. The summed E-state index contributed by atoms with van der Waals surface area (Å²) >= 11 is 3.72. The molecule has 0 radical (unpaired) electrons. The van der Waals surface area contributed by atoms with Crippen LogP contribution in [-0.4, -0.2) is 26.4 Å². The van der Waals surface area contributed by atoms with Gasteiger partial charge < -0.3 is 18.9 Å². The first-order valence-corrected chi connectivity index (χ1v) is 18.5. The van der Waals surface area contributed by atoms with Crippen molar-refractivity contribution in [3.05, 3.63) is 45.4 Å². The Kier molecular flexibility index (Phi) is 21.0. The van der Waals surface area contributed by atoms with Crippen LogP contribution in [0.25, 0.3) is 12.2 Å². The zero-order valence-electron chi connectivity index (χ0n) is 28.6. The smallest absolute Gasteiger partial charge is 0.137 e. The van der Waals surface area contributed by atoms with Gasteiger partial charge in [0.2, 0.25) is 0 Å². The number of hydrogen-bond acceptors (Lipinski definition) is 5. The van der Waals surface area contributed by atoms with Gasteiger partial charge in [-0.3, -0.25) is 0 Å². The van der Waals surface area contributed by atoms with Crippen LogP contribution >= 0.6 is 15.9 Å². The molecule has 0 aromatic heterocycles. The predicted molar refractivity (Wildman–Crippen MR) is 193 cm³/mol. The molecular weight excluding hydrogens is 626 g/mol. The van der Waals surface area contributed by atoms with Crippen molar-refractivity contribution in [1.82, 2.24) is 0 Å². The second-order valence-electron chi connectivity index (χ2n) is 11.8. The zero-order valence-corrected chi connectivity index (χ0v) is 30.2. The first kappa shape index (κ1) is 38.5. The minimum atomic E-state index is 0.504. The van der Waals surface area contributed by atoms with Gasteiger partial charge in [-0.25, -0.2) is 0 Å². The van der Waals surface area contributed by atoms with Gasteiger partial charge in [0.05, 0.1) is 36.5 Å². The quantitative estimate of drug-likeness (QED) is 0.0729. The van der Waals surface area contributed by atoms with E-state index >= 15 is 0 Å². The van der Waals surface area contributed by atoms with Crippen LogP contribution in [0.1, 0.15) is 147 Å². The van der Waals surface area contributed by atoms with Crippen LogP contribution in [0.5, 0.6) is 23.0 Å². The Balaban J connectivity index is 2.39. The molecule has 0 saturated carbocycles. The fourth-order valence-corrected chi connectivity index (χ4v) is 5.41. The minimum absolute atomic E-state index is 0.504. The lowest BCUT2D eigenvalue weighted by molar-refractivity contribution is 0.295. The molecule has 0 atom stereocenters. The maximum atomic E-state index is 9.93. The number of halogens is 1. The second-order valence-corrected chi connectivity index (χ2v) is 12.6. The van der Waals surface area contributed by atoms with Crippen molar-refractivity contribution in [2.24, 2.45) is 0 Å². The Bertz CT molecular complexity index is 1160. The molecule has 0 aliphatic heterocycles. The van der Waals surface area contributed by atoms with Crippen LogP contribution in [0.15, 0.2) is 28.7 Å². The van der Waals surface area contributed by atoms with Crippen molar-refractivity contribution in [3.63, 3.8) is 0 Å². The topological polar surface area (TPSA) is 60.7 Å². The molecule has 0 saturated heterocycles. The molecule has 2 aromatic carbocycles. The molecule has 0 aliphatic carbocycles. The monoisotopic (exact) mass is 683 g/mol. The standard InChI is InChI=1S/C39H58BrNO4/c1-5-9-13-17-23-42-36-29-34(31-41)37(43-24-18-14-10-6-2)27-32(36)21-22-33-28-39(45-26-20-16-12-8-4)35(40)30-38(33)44-25-19-15-11-7-3/h21-22,27-30H,5-20,23-26H2,1-4H3/b22-21+. The van der Waals surface area contributed by atoms with Gasteiger partial charge in [0, 0.05) is 17.2 Å². The number of hydrogen-bond donors (Lipinski definition) is 0. The van der Waals surface area contributed by atoms with E-state index in [1.165, 1.54) is 57.8 Å². The Morgan fingerprint density at radius 1 is 0.511 bits per heavy atom. The van der Waals surface area contributed by atoms with Crippen molar-refractivity contribution < 1.29 is 18.9 Å². The summed E-state index contributed by atoms with van der Waals surface area (Å²) in [6, 6.07) is 10.2. The van der Waals surface area contributed by atoms with Gasteiger partial charge in [-0.2, -0.15) is 5.26 Å². The Labute approximate surface area is 282 Å². The van der Waals surface area contributed by atoms with Gasteiger partial charge in [0.1, 0.15) is 29.1 Å². The third-order valence-electron chi connectivity index (χ3n) is 7.76. The maximum absolute atomic E-state index is 9.93. The Morgan fingerprint density at radius 3 is 1.31 bits per heavy atom. The number of rotatable bonds is 26. The largest absolute Gasteiger partial charge is 0.493 e. The van der Waals surface area contributed by atoms with E-state index in [0.29, 0.717) is 43.5 Å². The van der Waals surface area contributed by atoms with Crippen LogP contribution in [0.4, 0.5) is 0 Å². The molecule has 0 amide bonds. The molecule has 45 heavy (non-hydrogen) atoms. The highest BCUT2D eigenvalue weighted by molar-refractivity contribution is 9.10. The van der Waals surface area contributed by atoms with Gasteiger partial charge in [-0.1, -0.05) is 117 Å². The average molecular weight is 685 g/mol. The van der Waals surface area contributed by atoms with Crippen LogP contribution < -0.4 is 18.9 Å². The van der Waals surface area contributed by atoms with Crippen LogP contribution in [0.2, 0.25) is 0 Å². The maximum Gasteiger partial charge on any atom is 0.137 e. The van der Waals surface area contributed by atoms with E-state index in [1.807, 2.05) is 24.3 Å². The molecule has 0 heterocycles. The minimum Gasteiger partial charge on any atom is -0.493 e. The number of ether oxygens (including phenoxy) is 4. The summed E-state index contributed by atoms with van der Waals surface area (Å²) in [4.78, 5) is 0. The van der Waals surface area contributed by atoms with Crippen molar-refractivity contribution in [3.8, 4) is 29.1 Å². The molecule has 0 bridgehead atoms. The summed E-state index contributed by atoms with van der Waals surface area (Å²) in [6.45, 7) is 11.4. The average Bonchev–Trinajstić information content (AvgIpc) is 3.04. The highest BCUT2D eigenvalue weighted by atomic mass is 79.9. The molecule has 5 nitrogen and oxygen atoms in total. The molecule has 0 spiro atoms. The van der Waals surface area contributed by atoms with Crippen molar-refractivity contribution in [2.75, 3.05) is 26.4 Å². The molecule has 0 aliphatic rings. The summed E-state index contributed by atoms with van der Waals surface area (Å²) in [6.07, 6.45) is 22.3. The summed E-state index contributed by atoms with van der Waals surface area (Å²) in [7, 11) is 0. The van der Waals surface area contributed by atoms with E-state index in [1.54, 1.807) is 0 Å². The number of benzene rings is 2. The van der Waals surface area contributed by atoms with Crippen molar-refractivity contribution in [2.45, 2.75) is 130 Å². The van der Waals surface area contributed by atoms with E-state index in [2.05, 4.69) is 61.8 Å². The van der Waals surface area contributed by atoms with Crippen molar-refractivity contribution >= 4 is 28.1 Å². The van der Waals surface area contributed by atoms with Crippen LogP contribution in [0, 0.1) is 11.3 Å². The summed E-state index contributed by atoms with van der Waals surface area (Å²) in [5.41, 5.74) is 2.33. The summed E-state index contributed by atoms with van der Waals surface area (Å²) < 4.78 is 25.8. The second kappa shape index (κ2) is 24.6. The predicted octanol–water partition coefficient (Wildman–Crippen LogP) is 12.3. The van der Waals surface area contributed by atoms with Gasteiger partial charge in [0.15, 0.2) is 0 Å². The first-order valence-electron chi connectivity index (χ1n) is 17.7. The molecule has 2 aromatic rings. The molecular formula is C39H58BrNO4. The number of nitriles is 1. The number of nitrogens with zero attached hydrogens (tertiary/aromatic N) is 1. The summed E-state index contributed by atoms with van der Waals surface area (Å²) in [5, 5.41) is 9.93. The van der Waals surface area contributed by atoms with Gasteiger partial charge >= 0.3 is 0 Å². The molecule has 2 rings (SSSR count). The van der Waals surface area contributed by atoms with Crippen LogP contribution in [0.3, 0.4) is 0 Å². The lowest BCUT2D eigenvalue weighted by atomic mass is 10.1.